The molecule has 1 rings (SSSR count). The van der Waals surface area contributed by atoms with Crippen LogP contribution >= 0.6 is 0 Å². The van der Waals surface area contributed by atoms with E-state index in [4.69, 9.17) is 14.0 Å². The van der Waals surface area contributed by atoms with Gasteiger partial charge < -0.3 is 14.0 Å². The van der Waals surface area contributed by atoms with Gasteiger partial charge in [-0.15, -0.1) is 13.2 Å². The van der Waals surface area contributed by atoms with Gasteiger partial charge in [-0.25, -0.2) is 0 Å². The minimum absolute atomic E-state index is 0.0140. The van der Waals surface area contributed by atoms with E-state index in [1.807, 2.05) is 0 Å². The van der Waals surface area contributed by atoms with Crippen LogP contribution in [-0.4, -0.2) is 51.0 Å². The van der Waals surface area contributed by atoms with E-state index < -0.39 is 8.32 Å². The standard InChI is InChI=1S/C14H31NO3Si.C2H4/c1-13(2)9-12(18-11-19(7,8)17-6)10-14(3,4)15(13)16-5;1-2/h12H,9-11H2,1-8H3;1-2H2. The molecule has 0 aromatic rings. The molecule has 0 bridgehead atoms. The number of hydroxylamine groups is 2. The molecule has 0 aromatic carbocycles. The van der Waals surface area contributed by atoms with E-state index in [0.717, 1.165) is 19.1 Å². The highest BCUT2D eigenvalue weighted by atomic mass is 28.4. The summed E-state index contributed by atoms with van der Waals surface area (Å²) in [4.78, 5) is 5.60. The highest BCUT2D eigenvalue weighted by Gasteiger charge is 2.46. The smallest absolute Gasteiger partial charge is 0.211 e. The first kappa shape index (κ1) is 20.8. The van der Waals surface area contributed by atoms with Crippen molar-refractivity contribution in [2.24, 2.45) is 0 Å². The van der Waals surface area contributed by atoms with E-state index in [9.17, 15) is 0 Å². The minimum Gasteiger partial charge on any atom is -0.418 e. The third kappa shape index (κ3) is 5.83. The van der Waals surface area contributed by atoms with Gasteiger partial charge in [-0.3, -0.25) is 0 Å². The van der Waals surface area contributed by atoms with Gasteiger partial charge in [0.05, 0.1) is 19.4 Å². The Morgan fingerprint density at radius 2 is 1.48 bits per heavy atom. The molecule has 126 valence electrons. The number of piperidine rings is 1. The Hall–Kier alpha value is -0.203. The summed E-state index contributed by atoms with van der Waals surface area (Å²) in [5, 5.41) is 2.11. The minimum atomic E-state index is -1.65. The molecule has 0 amide bonds. The van der Waals surface area contributed by atoms with E-state index in [1.165, 1.54) is 0 Å². The van der Waals surface area contributed by atoms with Crippen molar-refractivity contribution in [2.75, 3.05) is 20.4 Å². The molecular formula is C16H35NO3Si. The van der Waals surface area contributed by atoms with Crippen LogP contribution in [0.25, 0.3) is 0 Å². The normalized spacial score (nSPS) is 22.5. The maximum absolute atomic E-state index is 6.16. The monoisotopic (exact) mass is 317 g/mol. The summed E-state index contributed by atoms with van der Waals surface area (Å²) < 4.78 is 11.7. The lowest BCUT2D eigenvalue weighted by Gasteiger charge is -2.53. The summed E-state index contributed by atoms with van der Waals surface area (Å²) in [6.45, 7) is 19.2. The molecule has 0 N–H and O–H groups in total. The zero-order valence-electron chi connectivity index (χ0n) is 15.3. The first-order valence-electron chi connectivity index (χ1n) is 7.55. The number of ether oxygens (including phenoxy) is 1. The zero-order valence-corrected chi connectivity index (χ0v) is 16.3. The van der Waals surface area contributed by atoms with Gasteiger partial charge in [0, 0.05) is 18.2 Å². The second-order valence-electron chi connectivity index (χ2n) is 7.41. The number of hydrogen-bond donors (Lipinski definition) is 0. The first-order chi connectivity index (χ1) is 9.54. The number of rotatable bonds is 5. The molecule has 0 aromatic heterocycles. The Morgan fingerprint density at radius 3 is 1.81 bits per heavy atom. The molecule has 1 fully saturated rings. The molecule has 0 saturated carbocycles. The molecule has 0 aliphatic carbocycles. The van der Waals surface area contributed by atoms with E-state index >= 15 is 0 Å². The largest absolute Gasteiger partial charge is 0.418 e. The Labute approximate surface area is 132 Å². The van der Waals surface area contributed by atoms with Gasteiger partial charge in [0.15, 0.2) is 0 Å². The van der Waals surface area contributed by atoms with Crippen LogP contribution in [0.4, 0.5) is 0 Å². The van der Waals surface area contributed by atoms with Crippen LogP contribution in [0.5, 0.6) is 0 Å². The van der Waals surface area contributed by atoms with Crippen LogP contribution < -0.4 is 0 Å². The third-order valence-corrected chi connectivity index (χ3v) is 5.92. The molecule has 5 heteroatoms. The molecule has 1 aliphatic heterocycles. The van der Waals surface area contributed by atoms with Crippen molar-refractivity contribution in [3.63, 3.8) is 0 Å². The van der Waals surface area contributed by atoms with Crippen molar-refractivity contribution in [1.82, 2.24) is 5.06 Å². The van der Waals surface area contributed by atoms with Crippen molar-refractivity contribution in [3.05, 3.63) is 13.2 Å². The average molecular weight is 318 g/mol. The van der Waals surface area contributed by atoms with Crippen molar-refractivity contribution in [2.45, 2.75) is 70.8 Å². The molecule has 1 aliphatic rings. The molecule has 0 atom stereocenters. The van der Waals surface area contributed by atoms with Crippen LogP contribution in [0.1, 0.15) is 40.5 Å². The van der Waals surface area contributed by atoms with Crippen molar-refractivity contribution in [3.8, 4) is 0 Å². The van der Waals surface area contributed by atoms with Gasteiger partial charge in [-0.05, 0) is 53.6 Å². The predicted octanol–water partition coefficient (Wildman–Crippen LogP) is 3.78. The van der Waals surface area contributed by atoms with E-state index in [0.29, 0.717) is 0 Å². The maximum Gasteiger partial charge on any atom is 0.211 e. The molecular weight excluding hydrogens is 282 g/mol. The van der Waals surface area contributed by atoms with Gasteiger partial charge in [0.2, 0.25) is 8.32 Å². The van der Waals surface area contributed by atoms with Gasteiger partial charge in [0.25, 0.3) is 0 Å². The van der Waals surface area contributed by atoms with Gasteiger partial charge in [0.1, 0.15) is 0 Å². The Kier molecular flexibility index (Phi) is 7.80. The van der Waals surface area contributed by atoms with Crippen LogP contribution in [-0.2, 0) is 14.0 Å². The quantitative estimate of drug-likeness (QED) is 0.570. The molecule has 1 saturated heterocycles. The van der Waals surface area contributed by atoms with E-state index in [2.05, 4.69) is 59.0 Å². The van der Waals surface area contributed by atoms with Crippen LogP contribution in [0.2, 0.25) is 13.1 Å². The lowest BCUT2D eigenvalue weighted by molar-refractivity contribution is -0.279. The molecule has 0 spiro atoms. The summed E-state index contributed by atoms with van der Waals surface area (Å²) in [5.41, 5.74) is -0.0279. The Balaban J connectivity index is 0.00000191. The molecule has 0 radical (unpaired) electrons. The van der Waals surface area contributed by atoms with Crippen LogP contribution in [0, 0.1) is 0 Å². The molecule has 1 heterocycles. The zero-order chi connectivity index (χ0) is 16.9. The van der Waals surface area contributed by atoms with Gasteiger partial charge in [-0.1, -0.05) is 0 Å². The van der Waals surface area contributed by atoms with Gasteiger partial charge in [-0.2, -0.15) is 5.06 Å². The second kappa shape index (κ2) is 7.88. The Bertz CT molecular complexity index is 301. The highest BCUT2D eigenvalue weighted by molar-refractivity contribution is 6.71. The van der Waals surface area contributed by atoms with Crippen LogP contribution in [0.3, 0.4) is 0 Å². The highest BCUT2D eigenvalue weighted by Crippen LogP contribution is 2.39. The molecule has 4 nitrogen and oxygen atoms in total. The van der Waals surface area contributed by atoms with Gasteiger partial charge >= 0.3 is 0 Å². The number of hydrogen-bond acceptors (Lipinski definition) is 4. The fourth-order valence-corrected chi connectivity index (χ4v) is 3.92. The SMILES string of the molecule is C=C.CON1C(C)(C)CC(OC[Si](C)(C)OC)CC1(C)C. The number of nitrogens with zero attached hydrogens (tertiary/aromatic N) is 1. The fourth-order valence-electron chi connectivity index (χ4n) is 3.16. The van der Waals surface area contributed by atoms with E-state index in [-0.39, 0.29) is 17.2 Å². The summed E-state index contributed by atoms with van der Waals surface area (Å²) >= 11 is 0. The second-order valence-corrected chi connectivity index (χ2v) is 11.6. The third-order valence-electron chi connectivity index (χ3n) is 3.96. The summed E-state index contributed by atoms with van der Waals surface area (Å²) in [6, 6.07) is 0. The fraction of sp³-hybridized carbons (Fsp3) is 0.875. The van der Waals surface area contributed by atoms with Crippen LogP contribution in [0.15, 0.2) is 13.2 Å². The maximum atomic E-state index is 6.16. The predicted molar refractivity (Wildman–Crippen MR) is 91.7 cm³/mol. The first-order valence-corrected chi connectivity index (χ1v) is 10.7. The summed E-state index contributed by atoms with van der Waals surface area (Å²) in [5.74, 6) is 0. The molecule has 0 unspecified atom stereocenters. The van der Waals surface area contributed by atoms with Crippen molar-refractivity contribution in [1.29, 1.82) is 0 Å². The van der Waals surface area contributed by atoms with E-state index in [1.54, 1.807) is 14.2 Å². The van der Waals surface area contributed by atoms with Crippen molar-refractivity contribution < 1.29 is 14.0 Å². The molecule has 21 heavy (non-hydrogen) atoms. The summed E-state index contributed by atoms with van der Waals surface area (Å²) in [6.07, 6.45) is 3.00. The topological polar surface area (TPSA) is 30.9 Å². The summed E-state index contributed by atoms with van der Waals surface area (Å²) in [7, 11) is 1.90. The Morgan fingerprint density at radius 1 is 1.05 bits per heavy atom. The lowest BCUT2D eigenvalue weighted by Crippen LogP contribution is -2.61. The van der Waals surface area contributed by atoms with Crippen molar-refractivity contribution >= 4 is 8.32 Å². The average Bonchev–Trinajstić information content (AvgIpc) is 2.37. The lowest BCUT2D eigenvalue weighted by atomic mass is 9.80.